The molecule has 0 atom stereocenters. The third kappa shape index (κ3) is 3.59. The summed E-state index contributed by atoms with van der Waals surface area (Å²) in [5.74, 6) is 0.781. The zero-order valence-corrected chi connectivity index (χ0v) is 13.2. The molecule has 2 heteroatoms. The summed E-state index contributed by atoms with van der Waals surface area (Å²) in [6.07, 6.45) is 3.22. The lowest BCUT2D eigenvalue weighted by molar-refractivity contribution is 0.0806. The first-order chi connectivity index (χ1) is 10.6. The summed E-state index contributed by atoms with van der Waals surface area (Å²) in [5.41, 5.74) is 3.55. The molecule has 0 saturated carbocycles. The topological polar surface area (TPSA) is 18.5 Å². The molecule has 0 N–H and O–H groups in total. The molecule has 0 aliphatic rings. The van der Waals surface area contributed by atoms with Crippen LogP contribution in [0.5, 0.6) is 5.75 Å². The Labute approximate surface area is 132 Å². The highest BCUT2D eigenvalue weighted by Crippen LogP contribution is 2.32. The zero-order chi connectivity index (χ0) is 16.0. The smallest absolute Gasteiger partial charge is 0.229 e. The van der Waals surface area contributed by atoms with Gasteiger partial charge in [-0.25, -0.2) is 0 Å². The van der Waals surface area contributed by atoms with Crippen molar-refractivity contribution >= 4 is 6.08 Å². The quantitative estimate of drug-likeness (QED) is 0.399. The van der Waals surface area contributed by atoms with Gasteiger partial charge in [0.2, 0.25) is 6.79 Å². The van der Waals surface area contributed by atoms with Crippen LogP contribution in [0.25, 0.3) is 6.08 Å². The lowest BCUT2D eigenvalue weighted by Gasteiger charge is -2.26. The van der Waals surface area contributed by atoms with Crippen molar-refractivity contribution in [3.8, 4) is 5.75 Å². The lowest BCUT2D eigenvalue weighted by atomic mass is 9.78. The maximum absolute atomic E-state index is 5.45. The monoisotopic (exact) mass is 294 g/mol. The van der Waals surface area contributed by atoms with Crippen LogP contribution < -0.4 is 4.74 Å². The van der Waals surface area contributed by atoms with E-state index in [4.69, 9.17) is 9.47 Å². The molecule has 0 spiro atoms. The Morgan fingerprint density at radius 1 is 0.909 bits per heavy atom. The van der Waals surface area contributed by atoms with Gasteiger partial charge in [0.05, 0.1) is 6.26 Å². The van der Waals surface area contributed by atoms with Crippen molar-refractivity contribution in [2.75, 3.05) is 6.79 Å². The van der Waals surface area contributed by atoms with E-state index in [2.05, 4.69) is 63.4 Å². The lowest BCUT2D eigenvalue weighted by Crippen LogP contribution is -2.18. The molecular formula is C20H22O2. The van der Waals surface area contributed by atoms with E-state index in [1.165, 1.54) is 17.4 Å². The minimum atomic E-state index is -0.0736. The van der Waals surface area contributed by atoms with Crippen LogP contribution in [-0.4, -0.2) is 6.79 Å². The predicted octanol–water partition coefficient (Wildman–Crippen LogP) is 5.15. The van der Waals surface area contributed by atoms with Crippen molar-refractivity contribution < 1.29 is 9.47 Å². The van der Waals surface area contributed by atoms with E-state index in [9.17, 15) is 0 Å². The Hall–Kier alpha value is -2.48. The highest BCUT2D eigenvalue weighted by Gasteiger charge is 2.22. The Kier molecular flexibility index (Phi) is 5.05. The van der Waals surface area contributed by atoms with Gasteiger partial charge < -0.3 is 9.47 Å². The van der Waals surface area contributed by atoms with Gasteiger partial charge in [-0.15, -0.1) is 0 Å². The Bertz CT molecular complexity index is 622. The molecule has 0 saturated heterocycles. The summed E-state index contributed by atoms with van der Waals surface area (Å²) in [4.78, 5) is 0. The standard InChI is InChI=1S/C20H22O2/c1-5-16-7-9-17(10-8-16)20(3,4)18-11-13-19(14-12-18)22-15-21-6-2/h5-14H,1-2,15H2,3-4H3. The van der Waals surface area contributed by atoms with Gasteiger partial charge in [-0.05, 0) is 28.8 Å². The van der Waals surface area contributed by atoms with E-state index in [1.54, 1.807) is 0 Å². The van der Waals surface area contributed by atoms with Crippen molar-refractivity contribution in [3.63, 3.8) is 0 Å². The summed E-state index contributed by atoms with van der Waals surface area (Å²) in [5, 5.41) is 0. The Balaban J connectivity index is 2.17. The maximum atomic E-state index is 5.45. The molecule has 22 heavy (non-hydrogen) atoms. The van der Waals surface area contributed by atoms with Gasteiger partial charge >= 0.3 is 0 Å². The molecule has 0 aromatic heterocycles. The van der Waals surface area contributed by atoms with E-state index in [1.807, 2.05) is 18.2 Å². The fourth-order valence-electron chi connectivity index (χ4n) is 2.32. The van der Waals surface area contributed by atoms with Crippen molar-refractivity contribution in [1.29, 1.82) is 0 Å². The summed E-state index contributed by atoms with van der Waals surface area (Å²) in [7, 11) is 0. The second-order valence-electron chi connectivity index (χ2n) is 5.57. The van der Waals surface area contributed by atoms with Gasteiger partial charge in [-0.1, -0.05) is 69.5 Å². The van der Waals surface area contributed by atoms with E-state index in [-0.39, 0.29) is 12.2 Å². The number of hydrogen-bond acceptors (Lipinski definition) is 2. The van der Waals surface area contributed by atoms with Gasteiger partial charge in [0.15, 0.2) is 0 Å². The first-order valence-electron chi connectivity index (χ1n) is 7.27. The minimum absolute atomic E-state index is 0.0736. The molecule has 0 amide bonds. The van der Waals surface area contributed by atoms with Gasteiger partial charge in [-0.2, -0.15) is 0 Å². The van der Waals surface area contributed by atoms with E-state index in [0.717, 1.165) is 11.3 Å². The molecule has 114 valence electrons. The third-order valence-electron chi connectivity index (χ3n) is 3.86. The van der Waals surface area contributed by atoms with Crippen LogP contribution in [0, 0.1) is 0 Å². The highest BCUT2D eigenvalue weighted by molar-refractivity contribution is 5.49. The van der Waals surface area contributed by atoms with E-state index >= 15 is 0 Å². The van der Waals surface area contributed by atoms with Gasteiger partial charge in [-0.3, -0.25) is 0 Å². The first-order valence-corrected chi connectivity index (χ1v) is 7.27. The fraction of sp³-hybridized carbons (Fsp3) is 0.200. The first kappa shape index (κ1) is 15.9. The Morgan fingerprint density at radius 2 is 1.45 bits per heavy atom. The highest BCUT2D eigenvalue weighted by atomic mass is 16.7. The number of benzene rings is 2. The number of ether oxygens (including phenoxy) is 2. The van der Waals surface area contributed by atoms with Crippen LogP contribution in [0.15, 0.2) is 68.0 Å². The fourth-order valence-corrected chi connectivity index (χ4v) is 2.32. The van der Waals surface area contributed by atoms with Crippen LogP contribution in [0.3, 0.4) is 0 Å². The number of rotatable bonds is 7. The maximum Gasteiger partial charge on any atom is 0.229 e. The molecule has 2 aromatic carbocycles. The van der Waals surface area contributed by atoms with E-state index < -0.39 is 0 Å². The molecule has 0 bridgehead atoms. The molecule has 0 aliphatic carbocycles. The Morgan fingerprint density at radius 3 is 1.95 bits per heavy atom. The molecular weight excluding hydrogens is 272 g/mol. The molecule has 0 unspecified atom stereocenters. The van der Waals surface area contributed by atoms with Gasteiger partial charge in [0.25, 0.3) is 0 Å². The third-order valence-corrected chi connectivity index (χ3v) is 3.86. The van der Waals surface area contributed by atoms with Crippen molar-refractivity contribution in [2.45, 2.75) is 19.3 Å². The van der Waals surface area contributed by atoms with Crippen LogP contribution in [-0.2, 0) is 10.2 Å². The van der Waals surface area contributed by atoms with Gasteiger partial charge in [0, 0.05) is 5.41 Å². The summed E-state index contributed by atoms with van der Waals surface area (Å²) >= 11 is 0. The molecule has 2 nitrogen and oxygen atoms in total. The molecule has 0 radical (unpaired) electrons. The number of hydrogen-bond donors (Lipinski definition) is 0. The normalized spacial score (nSPS) is 10.8. The predicted molar refractivity (Wildman–Crippen MR) is 91.9 cm³/mol. The molecule has 0 aliphatic heterocycles. The van der Waals surface area contributed by atoms with Crippen LogP contribution >= 0.6 is 0 Å². The van der Waals surface area contributed by atoms with Gasteiger partial charge in [0.1, 0.15) is 5.75 Å². The molecule has 0 fully saturated rings. The van der Waals surface area contributed by atoms with Crippen LogP contribution in [0.2, 0.25) is 0 Å². The van der Waals surface area contributed by atoms with Crippen molar-refractivity contribution in [1.82, 2.24) is 0 Å². The van der Waals surface area contributed by atoms with Crippen molar-refractivity contribution in [2.24, 2.45) is 0 Å². The molecule has 2 aromatic rings. The zero-order valence-electron chi connectivity index (χ0n) is 13.2. The summed E-state index contributed by atoms with van der Waals surface area (Å²) < 4.78 is 10.4. The average Bonchev–Trinajstić information content (AvgIpc) is 2.55. The van der Waals surface area contributed by atoms with Crippen LogP contribution in [0.1, 0.15) is 30.5 Å². The molecule has 0 heterocycles. The minimum Gasteiger partial charge on any atom is -0.466 e. The van der Waals surface area contributed by atoms with E-state index in [0.29, 0.717) is 0 Å². The second-order valence-corrected chi connectivity index (χ2v) is 5.57. The van der Waals surface area contributed by atoms with Crippen molar-refractivity contribution in [3.05, 3.63) is 84.6 Å². The SMILES string of the molecule is C=COCOc1ccc(C(C)(C)c2ccc(C=C)cc2)cc1. The summed E-state index contributed by atoms with van der Waals surface area (Å²) in [6.45, 7) is 11.9. The van der Waals surface area contributed by atoms with Crippen LogP contribution in [0.4, 0.5) is 0 Å². The average molecular weight is 294 g/mol. The second kappa shape index (κ2) is 6.99. The molecule has 2 rings (SSSR count). The largest absolute Gasteiger partial charge is 0.466 e. The summed E-state index contributed by atoms with van der Waals surface area (Å²) in [6, 6.07) is 16.6.